The molecule has 32 heavy (non-hydrogen) atoms. The average molecular weight is 435 g/mol. The number of hydrogen-bond donors (Lipinski definition) is 0. The molecule has 0 spiro atoms. The molecule has 1 saturated heterocycles. The molecule has 1 aliphatic rings. The van der Waals surface area contributed by atoms with E-state index < -0.39 is 0 Å². The Morgan fingerprint density at radius 3 is 2.38 bits per heavy atom. The van der Waals surface area contributed by atoms with Gasteiger partial charge >= 0.3 is 0 Å². The number of allylic oxidation sites excluding steroid dienone is 1. The Bertz CT molecular complexity index is 1100. The highest BCUT2D eigenvalue weighted by atomic mass is 19.1. The zero-order valence-electron chi connectivity index (χ0n) is 18.6. The minimum atomic E-state index is -0.287. The summed E-state index contributed by atoms with van der Waals surface area (Å²) in [4.78, 5) is 21.4. The van der Waals surface area contributed by atoms with Gasteiger partial charge in [0, 0.05) is 37.8 Å². The highest BCUT2D eigenvalue weighted by Gasteiger charge is 2.27. The molecular formula is C25H27FN4O2. The summed E-state index contributed by atoms with van der Waals surface area (Å²) in [5, 5.41) is 4.13. The molecule has 1 aromatic heterocycles. The first-order valence-corrected chi connectivity index (χ1v) is 10.8. The van der Waals surface area contributed by atoms with E-state index in [0.29, 0.717) is 24.8 Å². The Labute approximate surface area is 187 Å². The number of nitrogens with zero attached hydrogens (tertiary/aromatic N) is 4. The van der Waals surface area contributed by atoms with Gasteiger partial charge in [-0.25, -0.2) is 4.39 Å². The topological polar surface area (TPSA) is 62.5 Å². The maximum absolute atomic E-state index is 13.1. The second kappa shape index (κ2) is 9.44. The number of amides is 1. The smallest absolute Gasteiger partial charge is 0.246 e. The summed E-state index contributed by atoms with van der Waals surface area (Å²) < 4.78 is 18.6. The lowest BCUT2D eigenvalue weighted by atomic mass is 10.1. The second-order valence-electron chi connectivity index (χ2n) is 8.19. The van der Waals surface area contributed by atoms with E-state index in [1.54, 1.807) is 18.2 Å². The predicted octanol–water partition coefficient (Wildman–Crippen LogP) is 4.49. The van der Waals surface area contributed by atoms with Gasteiger partial charge in [-0.1, -0.05) is 47.1 Å². The summed E-state index contributed by atoms with van der Waals surface area (Å²) in [5.41, 5.74) is 3.77. The fraction of sp³-hybridized carbons (Fsp3) is 0.320. The van der Waals surface area contributed by atoms with E-state index in [2.05, 4.69) is 15.0 Å². The molecule has 2 heterocycles. The highest BCUT2D eigenvalue weighted by Crippen LogP contribution is 2.24. The van der Waals surface area contributed by atoms with Gasteiger partial charge in [-0.15, -0.1) is 0 Å². The van der Waals surface area contributed by atoms with Gasteiger partial charge in [0.1, 0.15) is 5.82 Å². The molecule has 1 amide bonds. The predicted molar refractivity (Wildman–Crippen MR) is 121 cm³/mol. The Hall–Kier alpha value is -3.32. The summed E-state index contributed by atoms with van der Waals surface area (Å²) in [6.07, 6.45) is 1.62. The first kappa shape index (κ1) is 21.9. The number of aryl methyl sites for hydroxylation is 1. The Kier molecular flexibility index (Phi) is 6.46. The standard InChI is InChI=1S/C25H27FN4O2/c1-17-4-6-21(7-5-17)24-27-25(32-28-24)19(3)29-12-14-30(15-13-29)23(31)16-18(2)20-8-10-22(26)11-9-20/h4-11,16,19H,12-15H2,1-3H3/b18-16+. The van der Waals surface area contributed by atoms with Crippen molar-refractivity contribution >= 4 is 11.5 Å². The van der Waals surface area contributed by atoms with Gasteiger partial charge in [-0.3, -0.25) is 9.69 Å². The second-order valence-corrected chi connectivity index (χ2v) is 8.19. The molecule has 0 N–H and O–H groups in total. The Balaban J connectivity index is 1.35. The van der Waals surface area contributed by atoms with Crippen molar-refractivity contribution in [2.45, 2.75) is 26.8 Å². The zero-order chi connectivity index (χ0) is 22.7. The van der Waals surface area contributed by atoms with Crippen molar-refractivity contribution in [3.05, 3.63) is 77.4 Å². The Morgan fingerprint density at radius 2 is 1.72 bits per heavy atom. The molecular weight excluding hydrogens is 407 g/mol. The van der Waals surface area contributed by atoms with Crippen LogP contribution in [-0.4, -0.2) is 52.0 Å². The quantitative estimate of drug-likeness (QED) is 0.554. The van der Waals surface area contributed by atoms with Crippen molar-refractivity contribution in [2.75, 3.05) is 26.2 Å². The lowest BCUT2D eigenvalue weighted by Gasteiger charge is -2.36. The normalized spacial score (nSPS) is 16.2. The van der Waals surface area contributed by atoms with Crippen molar-refractivity contribution in [3.8, 4) is 11.4 Å². The molecule has 0 radical (unpaired) electrons. The molecule has 0 aliphatic carbocycles. The summed E-state index contributed by atoms with van der Waals surface area (Å²) in [5.74, 6) is 0.846. The SMILES string of the molecule is C/C(=C\C(=O)N1CCN(C(C)c2nc(-c3ccc(C)cc3)no2)CC1)c1ccc(F)cc1. The number of aromatic nitrogens is 2. The van der Waals surface area contributed by atoms with Crippen molar-refractivity contribution in [3.63, 3.8) is 0 Å². The van der Waals surface area contributed by atoms with Crippen LogP contribution in [0.5, 0.6) is 0 Å². The largest absolute Gasteiger partial charge is 0.337 e. The van der Waals surface area contributed by atoms with E-state index in [0.717, 1.165) is 29.8 Å². The summed E-state index contributed by atoms with van der Waals surface area (Å²) in [6, 6.07) is 14.2. The lowest BCUT2D eigenvalue weighted by molar-refractivity contribution is -0.128. The van der Waals surface area contributed by atoms with Crippen LogP contribution >= 0.6 is 0 Å². The summed E-state index contributed by atoms with van der Waals surface area (Å²) in [6.45, 7) is 8.63. The minimum Gasteiger partial charge on any atom is -0.337 e. The van der Waals surface area contributed by atoms with Crippen molar-refractivity contribution in [1.29, 1.82) is 0 Å². The summed E-state index contributed by atoms with van der Waals surface area (Å²) >= 11 is 0. The molecule has 0 saturated carbocycles. The fourth-order valence-electron chi connectivity index (χ4n) is 3.78. The molecule has 1 aliphatic heterocycles. The number of piperazine rings is 1. The van der Waals surface area contributed by atoms with Crippen LogP contribution in [0.15, 0.2) is 59.1 Å². The molecule has 6 nitrogen and oxygen atoms in total. The van der Waals surface area contributed by atoms with Crippen LogP contribution < -0.4 is 0 Å². The van der Waals surface area contributed by atoms with Gasteiger partial charge in [-0.05, 0) is 44.0 Å². The first-order chi connectivity index (χ1) is 15.4. The van der Waals surface area contributed by atoms with Crippen LogP contribution in [0.1, 0.15) is 36.9 Å². The van der Waals surface area contributed by atoms with Crippen LogP contribution in [0.3, 0.4) is 0 Å². The third kappa shape index (κ3) is 4.94. The van der Waals surface area contributed by atoms with E-state index in [1.807, 2.05) is 49.9 Å². The third-order valence-corrected chi connectivity index (χ3v) is 5.92. The number of hydrogen-bond acceptors (Lipinski definition) is 5. The van der Waals surface area contributed by atoms with Crippen molar-refractivity contribution in [2.24, 2.45) is 0 Å². The highest BCUT2D eigenvalue weighted by molar-refractivity contribution is 5.94. The molecule has 0 bridgehead atoms. The minimum absolute atomic E-state index is 0.0291. The number of carbonyl (C=O) groups is 1. The van der Waals surface area contributed by atoms with Gasteiger partial charge in [0.25, 0.3) is 0 Å². The van der Waals surface area contributed by atoms with E-state index in [4.69, 9.17) is 4.52 Å². The van der Waals surface area contributed by atoms with Gasteiger partial charge in [-0.2, -0.15) is 4.98 Å². The van der Waals surface area contributed by atoms with E-state index in [-0.39, 0.29) is 17.8 Å². The van der Waals surface area contributed by atoms with Gasteiger partial charge in [0.15, 0.2) is 0 Å². The van der Waals surface area contributed by atoms with Crippen LogP contribution in [0.2, 0.25) is 0 Å². The van der Waals surface area contributed by atoms with Crippen LogP contribution in [-0.2, 0) is 4.79 Å². The number of halogens is 1. The number of benzene rings is 2. The van der Waals surface area contributed by atoms with Crippen LogP contribution in [0.4, 0.5) is 4.39 Å². The molecule has 166 valence electrons. The number of rotatable bonds is 5. The van der Waals surface area contributed by atoms with E-state index in [9.17, 15) is 9.18 Å². The molecule has 3 aromatic rings. The Morgan fingerprint density at radius 1 is 1.06 bits per heavy atom. The van der Waals surface area contributed by atoms with Gasteiger partial charge in [0.2, 0.25) is 17.6 Å². The van der Waals surface area contributed by atoms with Crippen LogP contribution in [0.25, 0.3) is 17.0 Å². The number of carbonyl (C=O) groups excluding carboxylic acids is 1. The summed E-state index contributed by atoms with van der Waals surface area (Å²) in [7, 11) is 0. The van der Waals surface area contributed by atoms with Crippen molar-refractivity contribution < 1.29 is 13.7 Å². The maximum Gasteiger partial charge on any atom is 0.246 e. The molecule has 1 fully saturated rings. The molecule has 7 heteroatoms. The molecule has 2 aromatic carbocycles. The van der Waals surface area contributed by atoms with Crippen LogP contribution in [0, 0.1) is 12.7 Å². The lowest BCUT2D eigenvalue weighted by Crippen LogP contribution is -2.48. The maximum atomic E-state index is 13.1. The molecule has 1 unspecified atom stereocenters. The van der Waals surface area contributed by atoms with Gasteiger partial charge in [0.05, 0.1) is 6.04 Å². The monoisotopic (exact) mass is 434 g/mol. The fourth-order valence-corrected chi connectivity index (χ4v) is 3.78. The molecule has 1 atom stereocenters. The zero-order valence-corrected chi connectivity index (χ0v) is 18.6. The molecule has 4 rings (SSSR count). The first-order valence-electron chi connectivity index (χ1n) is 10.8. The van der Waals surface area contributed by atoms with E-state index >= 15 is 0 Å². The average Bonchev–Trinajstić information content (AvgIpc) is 3.30. The third-order valence-electron chi connectivity index (χ3n) is 5.92. The van der Waals surface area contributed by atoms with E-state index in [1.165, 1.54) is 17.7 Å². The van der Waals surface area contributed by atoms with Gasteiger partial charge < -0.3 is 9.42 Å². The van der Waals surface area contributed by atoms with Crippen molar-refractivity contribution in [1.82, 2.24) is 19.9 Å².